The zero-order valence-electron chi connectivity index (χ0n) is 15.3. The van der Waals surface area contributed by atoms with E-state index in [1.807, 2.05) is 42.0 Å². The number of H-pyrrole nitrogens is 1. The molecule has 1 N–H and O–H groups in total. The summed E-state index contributed by atoms with van der Waals surface area (Å²) in [4.78, 5) is 34.5. The van der Waals surface area contributed by atoms with Crippen LogP contribution in [0, 0.1) is 19.8 Å². The number of aromatic amines is 1. The zero-order chi connectivity index (χ0) is 18.5. The van der Waals surface area contributed by atoms with Crippen molar-refractivity contribution in [2.45, 2.75) is 32.6 Å². The second-order valence-electron chi connectivity index (χ2n) is 7.34. The van der Waals surface area contributed by atoms with Gasteiger partial charge in [0.1, 0.15) is 5.82 Å². The zero-order valence-corrected chi connectivity index (χ0v) is 16.1. The lowest BCUT2D eigenvalue weighted by Gasteiger charge is -2.26. The van der Waals surface area contributed by atoms with Crippen molar-refractivity contribution >= 4 is 23.2 Å². The third kappa shape index (κ3) is 2.55. The first-order chi connectivity index (χ1) is 12.4. The SMILES string of the molecule is CCC(=O)N1C[C@H]2CN(C(=O)c3sccc3C)C[C@@]2(c2n[nH]c(C)n2)C1. The van der Waals surface area contributed by atoms with Gasteiger partial charge < -0.3 is 9.80 Å². The quantitative estimate of drug-likeness (QED) is 0.889. The maximum absolute atomic E-state index is 13.0. The minimum atomic E-state index is -0.379. The van der Waals surface area contributed by atoms with Crippen molar-refractivity contribution in [3.63, 3.8) is 0 Å². The second-order valence-corrected chi connectivity index (χ2v) is 8.26. The molecule has 0 aliphatic carbocycles. The number of carbonyl (C=O) groups is 2. The summed E-state index contributed by atoms with van der Waals surface area (Å²) in [6.07, 6.45) is 0.493. The molecule has 2 atom stereocenters. The van der Waals surface area contributed by atoms with Crippen LogP contribution in [-0.2, 0) is 10.2 Å². The fourth-order valence-electron chi connectivity index (χ4n) is 4.25. The van der Waals surface area contributed by atoms with E-state index in [0.717, 1.165) is 22.1 Å². The van der Waals surface area contributed by atoms with E-state index < -0.39 is 0 Å². The van der Waals surface area contributed by atoms with E-state index in [-0.39, 0.29) is 23.1 Å². The van der Waals surface area contributed by atoms with Gasteiger partial charge in [0.15, 0.2) is 5.82 Å². The number of nitrogens with one attached hydrogen (secondary N) is 1. The van der Waals surface area contributed by atoms with Crippen LogP contribution < -0.4 is 0 Å². The van der Waals surface area contributed by atoms with Gasteiger partial charge in [-0.15, -0.1) is 11.3 Å². The Bertz CT molecular complexity index is 859. The lowest BCUT2D eigenvalue weighted by molar-refractivity contribution is -0.130. The summed E-state index contributed by atoms with van der Waals surface area (Å²) < 4.78 is 0. The number of likely N-dealkylation sites (tertiary alicyclic amines) is 2. The standard InChI is InChI=1S/C18H23N5O2S/c1-4-14(24)22-7-13-8-23(16(25)15-11(2)5-6-26-15)10-18(13,9-22)17-19-12(3)20-21-17/h5-6,13H,4,7-10H2,1-3H3,(H,19,20,21)/t13-,18-/m0/s1. The lowest BCUT2D eigenvalue weighted by atomic mass is 9.80. The molecule has 0 aromatic carbocycles. The fraction of sp³-hybridized carbons (Fsp3) is 0.556. The van der Waals surface area contributed by atoms with Crippen LogP contribution in [0.25, 0.3) is 0 Å². The summed E-state index contributed by atoms with van der Waals surface area (Å²) in [5, 5.41) is 9.30. The summed E-state index contributed by atoms with van der Waals surface area (Å²) in [6.45, 7) is 8.16. The van der Waals surface area contributed by atoms with E-state index in [1.54, 1.807) is 0 Å². The van der Waals surface area contributed by atoms with Gasteiger partial charge >= 0.3 is 0 Å². The highest BCUT2D eigenvalue weighted by atomic mass is 32.1. The number of nitrogens with zero attached hydrogens (tertiary/aromatic N) is 4. The first kappa shape index (κ1) is 17.2. The van der Waals surface area contributed by atoms with Crippen LogP contribution in [0.1, 0.15) is 40.2 Å². The monoisotopic (exact) mass is 373 g/mol. The van der Waals surface area contributed by atoms with Gasteiger partial charge in [0.25, 0.3) is 5.91 Å². The molecule has 138 valence electrons. The maximum Gasteiger partial charge on any atom is 0.264 e. The van der Waals surface area contributed by atoms with E-state index in [2.05, 4.69) is 15.2 Å². The van der Waals surface area contributed by atoms with Crippen molar-refractivity contribution in [3.05, 3.63) is 33.5 Å². The summed E-state index contributed by atoms with van der Waals surface area (Å²) in [5.74, 6) is 1.87. The summed E-state index contributed by atoms with van der Waals surface area (Å²) in [7, 11) is 0. The van der Waals surface area contributed by atoms with E-state index in [0.29, 0.717) is 32.6 Å². The van der Waals surface area contributed by atoms with Gasteiger partial charge in [0.05, 0.1) is 10.3 Å². The van der Waals surface area contributed by atoms with Crippen molar-refractivity contribution in [1.29, 1.82) is 0 Å². The average Bonchev–Trinajstić information content (AvgIpc) is 3.35. The molecule has 2 aliphatic rings. The number of aryl methyl sites for hydroxylation is 2. The van der Waals surface area contributed by atoms with E-state index in [1.165, 1.54) is 11.3 Å². The molecule has 2 saturated heterocycles. The fourth-order valence-corrected chi connectivity index (χ4v) is 5.14. The van der Waals surface area contributed by atoms with Gasteiger partial charge in [-0.2, -0.15) is 5.10 Å². The number of carbonyl (C=O) groups excluding carboxylic acids is 2. The van der Waals surface area contributed by atoms with Crippen molar-refractivity contribution in [2.24, 2.45) is 5.92 Å². The minimum absolute atomic E-state index is 0.0758. The highest BCUT2D eigenvalue weighted by Crippen LogP contribution is 2.44. The normalized spacial score (nSPS) is 25.0. The predicted molar refractivity (Wildman–Crippen MR) is 98.1 cm³/mol. The van der Waals surface area contributed by atoms with Gasteiger partial charge in [-0.1, -0.05) is 6.92 Å². The Morgan fingerprint density at radius 1 is 1.31 bits per heavy atom. The third-order valence-electron chi connectivity index (χ3n) is 5.65. The predicted octanol–water partition coefficient (Wildman–Crippen LogP) is 1.75. The van der Waals surface area contributed by atoms with Crippen molar-refractivity contribution in [3.8, 4) is 0 Å². The molecule has 2 aromatic heterocycles. The number of aromatic nitrogens is 3. The van der Waals surface area contributed by atoms with Gasteiger partial charge in [0, 0.05) is 38.5 Å². The molecule has 8 heteroatoms. The molecule has 0 unspecified atom stereocenters. The molecular formula is C18H23N5O2S. The molecule has 0 spiro atoms. The molecule has 26 heavy (non-hydrogen) atoms. The Balaban J connectivity index is 1.66. The summed E-state index contributed by atoms with van der Waals surface area (Å²) in [6, 6.07) is 1.98. The van der Waals surface area contributed by atoms with E-state index >= 15 is 0 Å². The molecule has 7 nitrogen and oxygen atoms in total. The lowest BCUT2D eigenvalue weighted by Crippen LogP contribution is -2.41. The van der Waals surface area contributed by atoms with Crippen LogP contribution in [0.3, 0.4) is 0 Å². The Morgan fingerprint density at radius 3 is 2.65 bits per heavy atom. The van der Waals surface area contributed by atoms with Crippen molar-refractivity contribution in [2.75, 3.05) is 26.2 Å². The highest BCUT2D eigenvalue weighted by molar-refractivity contribution is 7.12. The Hall–Kier alpha value is -2.22. The largest absolute Gasteiger partial charge is 0.341 e. The molecule has 4 rings (SSSR count). The molecule has 2 amide bonds. The van der Waals surface area contributed by atoms with Gasteiger partial charge in [-0.3, -0.25) is 14.7 Å². The van der Waals surface area contributed by atoms with Crippen LogP contribution in [0.4, 0.5) is 0 Å². The molecule has 4 heterocycles. The average molecular weight is 373 g/mol. The highest BCUT2D eigenvalue weighted by Gasteiger charge is 2.57. The first-order valence-electron chi connectivity index (χ1n) is 8.95. The Morgan fingerprint density at radius 2 is 2.04 bits per heavy atom. The molecule has 0 bridgehead atoms. The van der Waals surface area contributed by atoms with Crippen LogP contribution in [0.5, 0.6) is 0 Å². The van der Waals surface area contributed by atoms with Crippen molar-refractivity contribution in [1.82, 2.24) is 25.0 Å². The Labute approximate surface area is 156 Å². The minimum Gasteiger partial charge on any atom is -0.341 e. The summed E-state index contributed by atoms with van der Waals surface area (Å²) >= 11 is 1.49. The summed E-state index contributed by atoms with van der Waals surface area (Å²) in [5.41, 5.74) is 0.638. The number of hydrogen-bond acceptors (Lipinski definition) is 5. The molecular weight excluding hydrogens is 350 g/mol. The number of fused-ring (bicyclic) bond motifs is 1. The molecule has 0 saturated carbocycles. The van der Waals surface area contributed by atoms with Gasteiger partial charge in [0.2, 0.25) is 5.91 Å². The Kier molecular flexibility index (Phi) is 4.10. The van der Waals surface area contributed by atoms with E-state index in [9.17, 15) is 9.59 Å². The third-order valence-corrected chi connectivity index (χ3v) is 6.65. The van der Waals surface area contributed by atoms with E-state index in [4.69, 9.17) is 0 Å². The van der Waals surface area contributed by atoms with Crippen molar-refractivity contribution < 1.29 is 9.59 Å². The van der Waals surface area contributed by atoms with Gasteiger partial charge in [-0.05, 0) is 30.9 Å². The number of amides is 2. The first-order valence-corrected chi connectivity index (χ1v) is 9.83. The molecule has 2 fully saturated rings. The number of thiophene rings is 1. The smallest absolute Gasteiger partial charge is 0.264 e. The van der Waals surface area contributed by atoms with Crippen LogP contribution in [-0.4, -0.2) is 63.0 Å². The van der Waals surface area contributed by atoms with Crippen LogP contribution in [0.15, 0.2) is 11.4 Å². The number of rotatable bonds is 3. The number of hydrogen-bond donors (Lipinski definition) is 1. The second kappa shape index (κ2) is 6.19. The molecule has 2 aromatic rings. The molecule has 2 aliphatic heterocycles. The van der Waals surface area contributed by atoms with Crippen LogP contribution >= 0.6 is 11.3 Å². The molecule has 0 radical (unpaired) electrons. The van der Waals surface area contributed by atoms with Gasteiger partial charge in [-0.25, -0.2) is 4.98 Å². The van der Waals surface area contributed by atoms with Crippen LogP contribution in [0.2, 0.25) is 0 Å². The maximum atomic E-state index is 13.0. The topological polar surface area (TPSA) is 82.2 Å².